The van der Waals surface area contributed by atoms with Crippen molar-refractivity contribution >= 4 is 39.5 Å². The zero-order chi connectivity index (χ0) is 77.4. The summed E-state index contributed by atoms with van der Waals surface area (Å²) < 4.78 is 68.8. The first-order valence-corrected chi connectivity index (χ1v) is 47.2. The predicted octanol–water partition coefficient (Wildman–Crippen LogP) is 25.9. The van der Waals surface area contributed by atoms with Gasteiger partial charge in [-0.3, -0.25) is 37.3 Å². The van der Waals surface area contributed by atoms with Crippen LogP contribution < -0.4 is 0 Å². The van der Waals surface area contributed by atoms with E-state index in [1.54, 1.807) is 0 Å². The van der Waals surface area contributed by atoms with Crippen molar-refractivity contribution in [2.75, 3.05) is 39.6 Å². The Morgan fingerprint density at radius 2 is 0.457 bits per heavy atom. The third kappa shape index (κ3) is 78.5. The van der Waals surface area contributed by atoms with Crippen LogP contribution in [-0.2, 0) is 65.4 Å². The van der Waals surface area contributed by atoms with Crippen molar-refractivity contribution in [3.63, 3.8) is 0 Å². The number of carbonyl (C=O) groups is 4. The molecule has 105 heavy (non-hydrogen) atoms. The number of carbonyl (C=O) groups excluding carboxylic acids is 4. The van der Waals surface area contributed by atoms with E-state index < -0.39 is 97.5 Å². The number of ether oxygens (including phenoxy) is 4. The van der Waals surface area contributed by atoms with Gasteiger partial charge in [-0.25, -0.2) is 9.13 Å². The van der Waals surface area contributed by atoms with Gasteiger partial charge in [0.2, 0.25) is 0 Å². The van der Waals surface area contributed by atoms with E-state index in [2.05, 4.69) is 55.4 Å². The lowest BCUT2D eigenvalue weighted by molar-refractivity contribution is -0.161. The fourth-order valence-electron chi connectivity index (χ4n) is 13.3. The molecular formula is C86H168O17P2. The van der Waals surface area contributed by atoms with Crippen molar-refractivity contribution in [1.29, 1.82) is 0 Å². The summed E-state index contributed by atoms with van der Waals surface area (Å²) in [6.45, 7) is 14.3. The third-order valence-corrected chi connectivity index (χ3v) is 22.3. The highest BCUT2D eigenvalue weighted by Crippen LogP contribution is 2.45. The van der Waals surface area contributed by atoms with Crippen molar-refractivity contribution in [3.8, 4) is 0 Å². The van der Waals surface area contributed by atoms with E-state index in [1.807, 2.05) is 0 Å². The van der Waals surface area contributed by atoms with Gasteiger partial charge in [0, 0.05) is 25.7 Å². The molecular weight excluding hydrogens is 1370 g/mol. The summed E-state index contributed by atoms with van der Waals surface area (Å²) >= 11 is 0. The van der Waals surface area contributed by atoms with Gasteiger partial charge in [0.15, 0.2) is 12.2 Å². The molecule has 6 atom stereocenters. The Labute approximate surface area is 645 Å². The fraction of sp³-hybridized carbons (Fsp3) is 0.953. The van der Waals surface area contributed by atoms with Crippen LogP contribution in [0.2, 0.25) is 0 Å². The lowest BCUT2D eigenvalue weighted by Gasteiger charge is -2.21. The number of unbranched alkanes of at least 4 members (excludes halogenated alkanes) is 48. The molecule has 0 heterocycles. The topological polar surface area (TPSA) is 237 Å². The zero-order valence-electron chi connectivity index (χ0n) is 69.4. The number of phosphoric ester groups is 2. The van der Waals surface area contributed by atoms with Gasteiger partial charge in [-0.2, -0.15) is 0 Å². The monoisotopic (exact) mass is 1540 g/mol. The highest BCUT2D eigenvalue weighted by molar-refractivity contribution is 7.47. The summed E-state index contributed by atoms with van der Waals surface area (Å²) in [6.07, 6.45) is 64.2. The van der Waals surface area contributed by atoms with Gasteiger partial charge >= 0.3 is 39.5 Å². The quantitative estimate of drug-likeness (QED) is 0.0222. The first kappa shape index (κ1) is 103. The SMILES string of the molecule is CCC(C)CCCCCCCCCCCCCCCCCCCCC(=O)O[C@H](COC(=O)CCCCCCCCCCCCCCCCCCCCC(C)C)COP(=O)(O)OC[C@@H](O)COP(=O)(O)OC[C@@H](COC(=O)CCCCCCCCC(C)C)OC(=O)CCCCCCCCCCCCC(C)C. The maximum atomic E-state index is 13.1. The second kappa shape index (κ2) is 74.8. The molecule has 0 spiro atoms. The normalized spacial score (nSPS) is 14.2. The van der Waals surface area contributed by atoms with Crippen molar-refractivity contribution in [1.82, 2.24) is 0 Å². The summed E-state index contributed by atoms with van der Waals surface area (Å²) in [6, 6.07) is 0. The minimum absolute atomic E-state index is 0.105. The molecule has 624 valence electrons. The van der Waals surface area contributed by atoms with Gasteiger partial charge < -0.3 is 33.8 Å². The van der Waals surface area contributed by atoms with Crippen molar-refractivity contribution in [3.05, 3.63) is 0 Å². The van der Waals surface area contributed by atoms with Crippen molar-refractivity contribution < 1.29 is 80.2 Å². The highest BCUT2D eigenvalue weighted by atomic mass is 31.2. The lowest BCUT2D eigenvalue weighted by atomic mass is 9.99. The number of hydrogen-bond acceptors (Lipinski definition) is 15. The van der Waals surface area contributed by atoms with Crippen LogP contribution in [0.25, 0.3) is 0 Å². The summed E-state index contributed by atoms with van der Waals surface area (Å²) in [4.78, 5) is 73.1. The molecule has 0 fully saturated rings. The maximum absolute atomic E-state index is 13.1. The Kier molecular flexibility index (Phi) is 73.4. The number of hydrogen-bond donors (Lipinski definition) is 3. The smallest absolute Gasteiger partial charge is 0.462 e. The molecule has 3 N–H and O–H groups in total. The third-order valence-electron chi connectivity index (χ3n) is 20.4. The van der Waals surface area contributed by atoms with E-state index >= 15 is 0 Å². The molecule has 0 aliphatic carbocycles. The van der Waals surface area contributed by atoms with Gasteiger partial charge in [0.25, 0.3) is 0 Å². The van der Waals surface area contributed by atoms with Gasteiger partial charge in [-0.15, -0.1) is 0 Å². The zero-order valence-corrected chi connectivity index (χ0v) is 71.2. The Morgan fingerprint density at radius 3 is 0.676 bits per heavy atom. The summed E-state index contributed by atoms with van der Waals surface area (Å²) in [5, 5.41) is 10.7. The van der Waals surface area contributed by atoms with E-state index in [0.29, 0.717) is 31.6 Å². The maximum Gasteiger partial charge on any atom is 0.472 e. The largest absolute Gasteiger partial charge is 0.472 e. The molecule has 0 amide bonds. The lowest BCUT2D eigenvalue weighted by Crippen LogP contribution is -2.30. The number of esters is 4. The Hall–Kier alpha value is -1.94. The van der Waals surface area contributed by atoms with Crippen molar-refractivity contribution in [2.45, 2.75) is 465 Å². The second-order valence-corrected chi connectivity index (χ2v) is 35.5. The van der Waals surface area contributed by atoms with Gasteiger partial charge in [0.05, 0.1) is 26.4 Å². The molecule has 0 rings (SSSR count). The molecule has 0 saturated heterocycles. The molecule has 3 unspecified atom stereocenters. The number of phosphoric acid groups is 2. The molecule has 17 nitrogen and oxygen atoms in total. The Bertz CT molecular complexity index is 2040. The van der Waals surface area contributed by atoms with Crippen LogP contribution in [0.4, 0.5) is 0 Å². The molecule has 0 aromatic heterocycles. The van der Waals surface area contributed by atoms with Crippen molar-refractivity contribution in [2.24, 2.45) is 23.7 Å². The number of aliphatic hydroxyl groups is 1. The van der Waals surface area contributed by atoms with Crippen LogP contribution in [0.3, 0.4) is 0 Å². The van der Waals surface area contributed by atoms with E-state index in [1.165, 1.54) is 244 Å². The molecule has 0 aromatic carbocycles. The molecule has 0 aliphatic rings. The minimum Gasteiger partial charge on any atom is -0.462 e. The minimum atomic E-state index is -4.97. The van der Waals surface area contributed by atoms with E-state index in [9.17, 15) is 43.2 Å². The molecule has 0 aromatic rings. The molecule has 0 bridgehead atoms. The first-order chi connectivity index (χ1) is 50.6. The van der Waals surface area contributed by atoms with Gasteiger partial charge in [-0.05, 0) is 49.4 Å². The van der Waals surface area contributed by atoms with E-state index in [4.69, 9.17) is 37.0 Å². The first-order valence-electron chi connectivity index (χ1n) is 44.2. The van der Waals surface area contributed by atoms with Gasteiger partial charge in [-0.1, -0.05) is 396 Å². The number of aliphatic hydroxyl groups excluding tert-OH is 1. The molecule has 0 saturated carbocycles. The average Bonchev–Trinajstić information content (AvgIpc) is 0.910. The fourth-order valence-corrected chi connectivity index (χ4v) is 14.9. The Balaban J connectivity index is 5.19. The van der Waals surface area contributed by atoms with Crippen LogP contribution >= 0.6 is 15.6 Å². The van der Waals surface area contributed by atoms with Crippen LogP contribution in [0.1, 0.15) is 447 Å². The van der Waals surface area contributed by atoms with E-state index in [0.717, 1.165) is 114 Å². The summed E-state index contributed by atoms with van der Waals surface area (Å²) in [5.74, 6) is 1.01. The average molecular weight is 1540 g/mol. The van der Waals surface area contributed by atoms with Crippen LogP contribution in [-0.4, -0.2) is 96.7 Å². The highest BCUT2D eigenvalue weighted by Gasteiger charge is 2.31. The molecule has 0 radical (unpaired) electrons. The summed E-state index contributed by atoms with van der Waals surface area (Å²) in [7, 11) is -9.93. The van der Waals surface area contributed by atoms with Crippen LogP contribution in [0.5, 0.6) is 0 Å². The van der Waals surface area contributed by atoms with Crippen LogP contribution in [0, 0.1) is 23.7 Å². The summed E-state index contributed by atoms with van der Waals surface area (Å²) in [5.41, 5.74) is 0. The van der Waals surface area contributed by atoms with Crippen LogP contribution in [0.15, 0.2) is 0 Å². The predicted molar refractivity (Wildman–Crippen MR) is 432 cm³/mol. The second-order valence-electron chi connectivity index (χ2n) is 32.6. The number of rotatable bonds is 83. The van der Waals surface area contributed by atoms with Gasteiger partial charge in [0.1, 0.15) is 19.3 Å². The molecule has 0 aliphatic heterocycles. The Morgan fingerprint density at radius 1 is 0.267 bits per heavy atom. The standard InChI is InChI=1S/C86H168O17P2/c1-9-79(8)65-57-49-40-34-27-23-19-15-11-13-17-21-25-29-36-42-52-60-68-85(90)102-81(72-96-83(88)66-58-50-41-35-28-24-20-16-12-10-14-18-22-26-32-38-46-54-62-76(2)3)74-100-104(92,93)98-70-80(87)71-99-105(94,95)101-75-82(73-97-84(89)67-59-51-45-44-48-56-64-78(6)7)103-86(91)69-61-53-43-37-31-30-33-39-47-55-63-77(4)5/h76-82,87H,9-75H2,1-8H3,(H,92,93)(H,94,95)/t79?,80-,81-,82-/m1/s1. The molecule has 19 heteroatoms. The van der Waals surface area contributed by atoms with E-state index in [-0.39, 0.29) is 25.7 Å².